The first-order valence-electron chi connectivity index (χ1n) is 7.71. The third-order valence-electron chi connectivity index (χ3n) is 3.79. The highest BCUT2D eigenvalue weighted by Gasteiger charge is 2.17. The first-order chi connectivity index (χ1) is 11.1. The fourth-order valence-corrected chi connectivity index (χ4v) is 4.14. The Morgan fingerprint density at radius 1 is 1.26 bits per heavy atom. The zero-order chi connectivity index (χ0) is 16.4. The van der Waals surface area contributed by atoms with Crippen LogP contribution >= 0.6 is 27.3 Å². The van der Waals surface area contributed by atoms with Crippen molar-refractivity contribution in [1.82, 2.24) is 9.88 Å². The molecule has 0 aliphatic rings. The summed E-state index contributed by atoms with van der Waals surface area (Å²) in [5.41, 5.74) is 4.27. The number of nitrogens with zero attached hydrogens (tertiary/aromatic N) is 1. The van der Waals surface area contributed by atoms with E-state index in [1.807, 2.05) is 6.07 Å². The molecule has 1 N–H and O–H groups in total. The van der Waals surface area contributed by atoms with Crippen molar-refractivity contribution >= 4 is 43.4 Å². The molecule has 3 rings (SSSR count). The number of amides is 1. The molecule has 2 aromatic heterocycles. The Balaban J connectivity index is 2.00. The minimum Gasteiger partial charge on any atom is -0.351 e. The molecule has 0 bridgehead atoms. The molecule has 0 aliphatic carbocycles. The van der Waals surface area contributed by atoms with Gasteiger partial charge >= 0.3 is 0 Å². The van der Waals surface area contributed by atoms with Gasteiger partial charge < -0.3 is 9.88 Å². The molecule has 120 valence electrons. The number of thiophene rings is 1. The zero-order valence-electron chi connectivity index (χ0n) is 13.2. The van der Waals surface area contributed by atoms with E-state index in [1.165, 1.54) is 11.1 Å². The molecule has 0 aliphatic heterocycles. The van der Waals surface area contributed by atoms with E-state index < -0.39 is 0 Å². The number of fused-ring (bicyclic) bond motifs is 1. The van der Waals surface area contributed by atoms with Crippen LogP contribution in [0.25, 0.3) is 10.2 Å². The predicted octanol–water partition coefficient (Wildman–Crippen LogP) is 4.96. The lowest BCUT2D eigenvalue weighted by Gasteiger charge is -2.11. The summed E-state index contributed by atoms with van der Waals surface area (Å²) in [6.07, 6.45) is 0.935. The maximum absolute atomic E-state index is 12.5. The number of rotatable bonds is 5. The molecule has 5 heteroatoms. The summed E-state index contributed by atoms with van der Waals surface area (Å²) in [6, 6.07) is 12.5. The number of aryl methyl sites for hydroxylation is 1. The van der Waals surface area contributed by atoms with Crippen LogP contribution in [0.5, 0.6) is 0 Å². The molecule has 0 unspecified atom stereocenters. The van der Waals surface area contributed by atoms with Crippen molar-refractivity contribution in [2.75, 3.05) is 6.54 Å². The van der Waals surface area contributed by atoms with E-state index in [-0.39, 0.29) is 5.91 Å². The molecule has 3 nitrogen and oxygen atoms in total. The Kier molecular flexibility index (Phi) is 4.87. The Hall–Kier alpha value is -1.59. The van der Waals surface area contributed by atoms with Gasteiger partial charge in [-0.05, 0) is 47.0 Å². The highest BCUT2D eigenvalue weighted by atomic mass is 79.9. The second-order valence-electron chi connectivity index (χ2n) is 5.66. The minimum absolute atomic E-state index is 0.00140. The zero-order valence-corrected chi connectivity index (χ0v) is 15.6. The van der Waals surface area contributed by atoms with Crippen LogP contribution in [0.3, 0.4) is 0 Å². The van der Waals surface area contributed by atoms with E-state index in [0.717, 1.165) is 26.1 Å². The van der Waals surface area contributed by atoms with Crippen LogP contribution in [0, 0.1) is 6.92 Å². The van der Waals surface area contributed by atoms with Crippen LogP contribution in [-0.4, -0.2) is 17.0 Å². The fourth-order valence-electron chi connectivity index (χ4n) is 2.58. The fraction of sp³-hybridized carbons (Fsp3) is 0.278. The third kappa shape index (κ3) is 3.51. The van der Waals surface area contributed by atoms with Gasteiger partial charge in [-0.1, -0.05) is 36.8 Å². The molecule has 0 saturated carbocycles. The molecule has 0 radical (unpaired) electrons. The van der Waals surface area contributed by atoms with E-state index in [2.05, 4.69) is 70.0 Å². The van der Waals surface area contributed by atoms with Gasteiger partial charge in [-0.2, -0.15) is 0 Å². The largest absolute Gasteiger partial charge is 0.351 e. The Morgan fingerprint density at radius 2 is 2.00 bits per heavy atom. The van der Waals surface area contributed by atoms with Crippen LogP contribution in [-0.2, 0) is 6.54 Å². The molecule has 0 spiro atoms. The van der Waals surface area contributed by atoms with Crippen molar-refractivity contribution in [2.24, 2.45) is 0 Å². The first kappa shape index (κ1) is 16.3. The summed E-state index contributed by atoms with van der Waals surface area (Å²) in [7, 11) is 0. The topological polar surface area (TPSA) is 34.0 Å². The number of aromatic nitrogens is 1. The molecule has 0 atom stereocenters. The van der Waals surface area contributed by atoms with Gasteiger partial charge in [-0.3, -0.25) is 4.79 Å². The lowest BCUT2D eigenvalue weighted by Crippen LogP contribution is -2.26. The molecular formula is C18H19BrN2OS. The number of carbonyl (C=O) groups is 1. The van der Waals surface area contributed by atoms with Crippen molar-refractivity contribution in [2.45, 2.75) is 26.8 Å². The van der Waals surface area contributed by atoms with Gasteiger partial charge in [-0.25, -0.2) is 0 Å². The number of carbonyl (C=O) groups excluding carboxylic acids is 1. The van der Waals surface area contributed by atoms with Crippen LogP contribution in [0.15, 0.2) is 40.2 Å². The normalized spacial score (nSPS) is 11.1. The Labute approximate surface area is 148 Å². The summed E-state index contributed by atoms with van der Waals surface area (Å²) in [5.74, 6) is -0.00140. The number of hydrogen-bond donors (Lipinski definition) is 1. The standard InChI is InChI=1S/C18H19BrN2OS/c1-3-8-20-18(22)15-9-16-14(10-17(19)23-16)21(15)11-13-6-4-12(2)5-7-13/h4-7,9-10H,3,8,11H2,1-2H3,(H,20,22). The summed E-state index contributed by atoms with van der Waals surface area (Å²) in [5, 5.41) is 2.98. The molecule has 2 heterocycles. The number of nitrogens with one attached hydrogen (secondary N) is 1. The van der Waals surface area contributed by atoms with E-state index in [9.17, 15) is 4.79 Å². The SMILES string of the molecule is CCCNC(=O)c1cc2sc(Br)cc2n1Cc1ccc(C)cc1. The van der Waals surface area contributed by atoms with Crippen LogP contribution in [0.4, 0.5) is 0 Å². The van der Waals surface area contributed by atoms with Gasteiger partial charge in [0.05, 0.1) is 14.0 Å². The molecule has 0 fully saturated rings. The average molecular weight is 391 g/mol. The first-order valence-corrected chi connectivity index (χ1v) is 9.31. The number of halogens is 1. The maximum atomic E-state index is 12.5. The van der Waals surface area contributed by atoms with Crippen LogP contribution in [0.1, 0.15) is 35.0 Å². The predicted molar refractivity (Wildman–Crippen MR) is 100 cm³/mol. The second kappa shape index (κ2) is 6.89. The molecule has 3 aromatic rings. The Bertz CT molecular complexity index is 833. The third-order valence-corrected chi connectivity index (χ3v) is 5.36. The van der Waals surface area contributed by atoms with Crippen molar-refractivity contribution in [3.8, 4) is 0 Å². The lowest BCUT2D eigenvalue weighted by atomic mass is 10.1. The molecule has 1 amide bonds. The smallest absolute Gasteiger partial charge is 0.267 e. The van der Waals surface area contributed by atoms with Crippen molar-refractivity contribution < 1.29 is 4.79 Å². The second-order valence-corrected chi connectivity index (χ2v) is 8.12. The number of benzene rings is 1. The number of hydrogen-bond acceptors (Lipinski definition) is 2. The lowest BCUT2D eigenvalue weighted by molar-refractivity contribution is 0.0945. The van der Waals surface area contributed by atoms with E-state index in [1.54, 1.807) is 11.3 Å². The van der Waals surface area contributed by atoms with Crippen LogP contribution in [0.2, 0.25) is 0 Å². The van der Waals surface area contributed by atoms with Crippen molar-refractivity contribution in [1.29, 1.82) is 0 Å². The van der Waals surface area contributed by atoms with Gasteiger partial charge in [0.1, 0.15) is 5.69 Å². The van der Waals surface area contributed by atoms with Crippen molar-refractivity contribution in [3.63, 3.8) is 0 Å². The molecule has 23 heavy (non-hydrogen) atoms. The molecule has 0 saturated heterocycles. The summed E-state index contributed by atoms with van der Waals surface area (Å²) in [4.78, 5) is 12.5. The van der Waals surface area contributed by atoms with Gasteiger partial charge in [0.2, 0.25) is 0 Å². The van der Waals surface area contributed by atoms with E-state index in [4.69, 9.17) is 0 Å². The summed E-state index contributed by atoms with van der Waals surface area (Å²) >= 11 is 5.20. The highest BCUT2D eigenvalue weighted by Crippen LogP contribution is 2.33. The summed E-state index contributed by atoms with van der Waals surface area (Å²) in [6.45, 7) is 5.53. The van der Waals surface area contributed by atoms with E-state index >= 15 is 0 Å². The average Bonchev–Trinajstić information content (AvgIpc) is 3.04. The molecular weight excluding hydrogens is 372 g/mol. The van der Waals surface area contributed by atoms with Crippen LogP contribution < -0.4 is 5.32 Å². The monoisotopic (exact) mass is 390 g/mol. The minimum atomic E-state index is -0.00140. The summed E-state index contributed by atoms with van der Waals surface area (Å²) < 4.78 is 4.32. The van der Waals surface area contributed by atoms with E-state index in [0.29, 0.717) is 13.1 Å². The van der Waals surface area contributed by atoms with Crippen molar-refractivity contribution in [3.05, 3.63) is 57.0 Å². The van der Waals surface area contributed by atoms with Gasteiger partial charge in [-0.15, -0.1) is 11.3 Å². The molecule has 1 aromatic carbocycles. The van der Waals surface area contributed by atoms with Gasteiger partial charge in [0.25, 0.3) is 5.91 Å². The van der Waals surface area contributed by atoms with Gasteiger partial charge in [0, 0.05) is 13.1 Å². The quantitative estimate of drug-likeness (QED) is 0.655. The highest BCUT2D eigenvalue weighted by molar-refractivity contribution is 9.11. The van der Waals surface area contributed by atoms with Gasteiger partial charge in [0.15, 0.2) is 0 Å². The Morgan fingerprint density at radius 3 is 2.70 bits per heavy atom. The maximum Gasteiger partial charge on any atom is 0.267 e.